The van der Waals surface area contributed by atoms with Gasteiger partial charge in [-0.05, 0) is 19.9 Å². The highest BCUT2D eigenvalue weighted by Gasteiger charge is 2.19. The van der Waals surface area contributed by atoms with Crippen LogP contribution in [-0.4, -0.2) is 44.6 Å². The first-order valence-corrected chi connectivity index (χ1v) is 7.33. The van der Waals surface area contributed by atoms with E-state index in [0.717, 1.165) is 0 Å². The topological polar surface area (TPSA) is 110 Å². The molecule has 0 aromatic carbocycles. The lowest BCUT2D eigenvalue weighted by Gasteiger charge is -2.26. The molecule has 23 heavy (non-hydrogen) atoms. The molecular formula is C15H19N3O5. The number of hydrogen-bond acceptors (Lipinski definition) is 6. The zero-order valence-corrected chi connectivity index (χ0v) is 13.1. The van der Waals surface area contributed by atoms with Crippen molar-refractivity contribution in [2.24, 2.45) is 0 Å². The third-order valence-electron chi connectivity index (χ3n) is 3.31. The molecule has 124 valence electrons. The van der Waals surface area contributed by atoms with Gasteiger partial charge in [-0.25, -0.2) is 0 Å². The number of carbonyl (C=O) groups excluding carboxylic acids is 1. The van der Waals surface area contributed by atoms with E-state index in [9.17, 15) is 9.59 Å². The average molecular weight is 321 g/mol. The lowest BCUT2D eigenvalue weighted by molar-refractivity contribution is -0.139. The molecule has 1 amide bonds. The van der Waals surface area contributed by atoms with Gasteiger partial charge in [0.1, 0.15) is 6.26 Å². The molecule has 0 saturated heterocycles. The van der Waals surface area contributed by atoms with Crippen LogP contribution in [0.5, 0.6) is 0 Å². The fourth-order valence-electron chi connectivity index (χ4n) is 2.11. The van der Waals surface area contributed by atoms with E-state index in [2.05, 4.69) is 10.1 Å². The maximum Gasteiger partial charge on any atom is 0.305 e. The van der Waals surface area contributed by atoms with E-state index in [4.69, 9.17) is 14.0 Å². The zero-order valence-electron chi connectivity index (χ0n) is 13.1. The summed E-state index contributed by atoms with van der Waals surface area (Å²) >= 11 is 0. The minimum Gasteiger partial charge on any atom is -0.481 e. The number of aromatic nitrogens is 2. The third kappa shape index (κ3) is 4.67. The molecule has 0 bridgehead atoms. The van der Waals surface area contributed by atoms with Gasteiger partial charge in [0.05, 0.1) is 18.2 Å². The van der Waals surface area contributed by atoms with Crippen LogP contribution in [0.4, 0.5) is 0 Å². The van der Waals surface area contributed by atoms with Crippen molar-refractivity contribution in [1.82, 2.24) is 15.0 Å². The van der Waals surface area contributed by atoms with Gasteiger partial charge in [-0.2, -0.15) is 4.98 Å². The van der Waals surface area contributed by atoms with E-state index in [1.165, 1.54) is 12.5 Å². The minimum atomic E-state index is -0.926. The molecule has 0 spiro atoms. The molecule has 0 saturated carbocycles. The van der Waals surface area contributed by atoms with Crippen molar-refractivity contribution in [2.45, 2.75) is 39.2 Å². The Morgan fingerprint density at radius 3 is 2.74 bits per heavy atom. The van der Waals surface area contributed by atoms with Crippen molar-refractivity contribution in [1.29, 1.82) is 0 Å². The van der Waals surface area contributed by atoms with Crippen LogP contribution in [-0.2, 0) is 16.0 Å². The molecule has 2 heterocycles. The first-order valence-electron chi connectivity index (χ1n) is 7.33. The molecule has 0 unspecified atom stereocenters. The van der Waals surface area contributed by atoms with Gasteiger partial charge < -0.3 is 18.9 Å². The maximum atomic E-state index is 12.2. The van der Waals surface area contributed by atoms with Crippen molar-refractivity contribution in [3.8, 4) is 11.4 Å². The molecule has 0 radical (unpaired) electrons. The Labute approximate surface area is 133 Å². The molecule has 2 aromatic rings. The second-order valence-electron chi connectivity index (χ2n) is 5.35. The minimum absolute atomic E-state index is 0.0639. The molecule has 0 atom stereocenters. The van der Waals surface area contributed by atoms with E-state index in [1.54, 1.807) is 11.0 Å². The molecule has 8 nitrogen and oxygen atoms in total. The molecule has 0 aliphatic heterocycles. The van der Waals surface area contributed by atoms with Crippen molar-refractivity contribution >= 4 is 11.9 Å². The van der Waals surface area contributed by atoms with E-state index in [-0.39, 0.29) is 31.3 Å². The highest BCUT2D eigenvalue weighted by Crippen LogP contribution is 2.16. The number of carbonyl (C=O) groups is 2. The van der Waals surface area contributed by atoms with Crippen LogP contribution in [0.25, 0.3) is 11.4 Å². The summed E-state index contributed by atoms with van der Waals surface area (Å²) in [6, 6.07) is 1.65. The normalized spacial score (nSPS) is 10.9. The van der Waals surface area contributed by atoms with E-state index in [1.807, 2.05) is 13.8 Å². The van der Waals surface area contributed by atoms with Crippen LogP contribution in [0.3, 0.4) is 0 Å². The number of amides is 1. The third-order valence-corrected chi connectivity index (χ3v) is 3.31. The summed E-state index contributed by atoms with van der Waals surface area (Å²) in [5.41, 5.74) is 0.705. The first kappa shape index (κ1) is 16.7. The van der Waals surface area contributed by atoms with Crippen molar-refractivity contribution in [3.05, 3.63) is 24.5 Å². The Morgan fingerprint density at radius 2 is 2.13 bits per heavy atom. The van der Waals surface area contributed by atoms with E-state index >= 15 is 0 Å². The average Bonchev–Trinajstić information content (AvgIpc) is 3.15. The van der Waals surface area contributed by atoms with Crippen LogP contribution < -0.4 is 0 Å². The van der Waals surface area contributed by atoms with Crippen LogP contribution in [0.2, 0.25) is 0 Å². The molecule has 2 aromatic heterocycles. The van der Waals surface area contributed by atoms with Gasteiger partial charge in [-0.1, -0.05) is 5.16 Å². The number of carboxylic acids is 1. The molecular weight excluding hydrogens is 302 g/mol. The van der Waals surface area contributed by atoms with Crippen molar-refractivity contribution in [2.75, 3.05) is 6.54 Å². The quantitative estimate of drug-likeness (QED) is 0.791. The Bertz CT molecular complexity index is 648. The monoisotopic (exact) mass is 321 g/mol. The number of hydrogen-bond donors (Lipinski definition) is 1. The predicted octanol–water partition coefficient (Wildman–Crippen LogP) is 1.97. The highest BCUT2D eigenvalue weighted by molar-refractivity contribution is 5.77. The largest absolute Gasteiger partial charge is 0.481 e. The summed E-state index contributed by atoms with van der Waals surface area (Å²) < 4.78 is 10.1. The van der Waals surface area contributed by atoms with Gasteiger partial charge in [0.2, 0.25) is 17.6 Å². The van der Waals surface area contributed by atoms with Gasteiger partial charge in [-0.3, -0.25) is 9.59 Å². The Morgan fingerprint density at radius 1 is 1.35 bits per heavy atom. The number of aliphatic carboxylic acids is 1. The molecule has 1 N–H and O–H groups in total. The van der Waals surface area contributed by atoms with E-state index < -0.39 is 5.97 Å². The summed E-state index contributed by atoms with van der Waals surface area (Å²) in [6.45, 7) is 3.89. The number of rotatable bonds is 8. The number of furan rings is 1. The first-order chi connectivity index (χ1) is 11.0. The summed E-state index contributed by atoms with van der Waals surface area (Å²) in [5, 5.41) is 12.6. The van der Waals surface area contributed by atoms with Gasteiger partial charge in [-0.15, -0.1) is 0 Å². The lowest BCUT2D eigenvalue weighted by atomic mass is 10.2. The number of nitrogens with zero attached hydrogens (tertiary/aromatic N) is 3. The molecule has 0 aliphatic rings. The second kappa shape index (κ2) is 7.57. The van der Waals surface area contributed by atoms with Crippen LogP contribution >= 0.6 is 0 Å². The maximum absolute atomic E-state index is 12.2. The van der Waals surface area contributed by atoms with Gasteiger partial charge in [0.25, 0.3) is 0 Å². The standard InChI is InChI=1S/C15H19N3O5/c1-10(2)18(7-5-14(20)21)13(19)4-3-12-16-15(17-23-12)11-6-8-22-9-11/h6,8-10H,3-5,7H2,1-2H3,(H,20,21). The summed E-state index contributed by atoms with van der Waals surface area (Å²) in [6.07, 6.45) is 3.43. The predicted molar refractivity (Wildman–Crippen MR) is 79.4 cm³/mol. The highest BCUT2D eigenvalue weighted by atomic mass is 16.5. The fourth-order valence-corrected chi connectivity index (χ4v) is 2.11. The molecule has 8 heteroatoms. The van der Waals surface area contributed by atoms with Crippen LogP contribution in [0, 0.1) is 0 Å². The van der Waals surface area contributed by atoms with Crippen LogP contribution in [0.15, 0.2) is 27.5 Å². The lowest BCUT2D eigenvalue weighted by Crippen LogP contribution is -2.38. The van der Waals surface area contributed by atoms with Crippen molar-refractivity contribution in [3.63, 3.8) is 0 Å². The summed E-state index contributed by atoms with van der Waals surface area (Å²) in [5.74, 6) is -0.293. The molecule has 0 fully saturated rings. The number of carboxylic acid groups (broad SMARTS) is 1. The van der Waals surface area contributed by atoms with Gasteiger partial charge in [0, 0.05) is 25.4 Å². The zero-order chi connectivity index (χ0) is 16.8. The summed E-state index contributed by atoms with van der Waals surface area (Å²) in [4.78, 5) is 28.6. The van der Waals surface area contributed by atoms with Crippen molar-refractivity contribution < 1.29 is 23.6 Å². The smallest absolute Gasteiger partial charge is 0.305 e. The van der Waals surface area contributed by atoms with E-state index in [0.29, 0.717) is 23.7 Å². The molecule has 2 rings (SSSR count). The molecule has 0 aliphatic carbocycles. The summed E-state index contributed by atoms with van der Waals surface area (Å²) in [7, 11) is 0. The Kier molecular flexibility index (Phi) is 5.51. The van der Waals surface area contributed by atoms with Gasteiger partial charge in [0.15, 0.2) is 0 Å². The van der Waals surface area contributed by atoms with Gasteiger partial charge >= 0.3 is 5.97 Å². The number of aryl methyl sites for hydroxylation is 1. The Hall–Kier alpha value is -2.64. The SMILES string of the molecule is CC(C)N(CCC(=O)O)C(=O)CCc1nc(-c2ccoc2)no1. The van der Waals surface area contributed by atoms with Crippen LogP contribution in [0.1, 0.15) is 32.6 Å². The second-order valence-corrected chi connectivity index (χ2v) is 5.35. The Balaban J connectivity index is 1.91. The fraction of sp³-hybridized carbons (Fsp3) is 0.467.